The minimum absolute atomic E-state index is 0.786. The fourth-order valence-corrected chi connectivity index (χ4v) is 3.20. The van der Waals surface area contributed by atoms with E-state index in [0.717, 1.165) is 18.9 Å². The third-order valence-corrected chi connectivity index (χ3v) is 4.43. The molecule has 0 saturated carbocycles. The zero-order valence-corrected chi connectivity index (χ0v) is 11.9. The van der Waals surface area contributed by atoms with Crippen LogP contribution in [0, 0.1) is 0 Å². The molecule has 1 saturated heterocycles. The Labute approximate surface area is 118 Å². The average Bonchev–Trinajstić information content (AvgIpc) is 3.12. The van der Waals surface area contributed by atoms with E-state index < -0.39 is 0 Å². The van der Waals surface area contributed by atoms with Gasteiger partial charge in [0.2, 0.25) is 0 Å². The molecule has 1 aromatic carbocycles. The van der Waals surface area contributed by atoms with E-state index in [1.54, 1.807) is 11.3 Å². The van der Waals surface area contributed by atoms with Crippen molar-refractivity contribution in [3.63, 3.8) is 0 Å². The van der Waals surface area contributed by atoms with Gasteiger partial charge >= 0.3 is 0 Å². The molecule has 1 aromatic heterocycles. The minimum Gasteiger partial charge on any atom is -0.492 e. The summed E-state index contributed by atoms with van der Waals surface area (Å²) >= 11 is 1.77. The van der Waals surface area contributed by atoms with E-state index in [2.05, 4.69) is 40.6 Å². The number of rotatable bonds is 5. The summed E-state index contributed by atoms with van der Waals surface area (Å²) in [6.45, 7) is 4.30. The second kappa shape index (κ2) is 6.22. The zero-order chi connectivity index (χ0) is 12.9. The van der Waals surface area contributed by atoms with Crippen LogP contribution in [0.15, 0.2) is 41.8 Å². The van der Waals surface area contributed by atoms with Gasteiger partial charge in [0.25, 0.3) is 0 Å². The second-order valence-electron chi connectivity index (χ2n) is 4.90. The summed E-state index contributed by atoms with van der Waals surface area (Å²) in [6.07, 6.45) is 2.68. The molecule has 3 heteroatoms. The molecule has 1 fully saturated rings. The normalized spacial score (nSPS) is 15.8. The first-order chi connectivity index (χ1) is 9.42. The molecule has 3 rings (SSSR count). The van der Waals surface area contributed by atoms with E-state index in [-0.39, 0.29) is 0 Å². The summed E-state index contributed by atoms with van der Waals surface area (Å²) in [5.41, 5.74) is 1.24. The Bertz CT molecular complexity index is 503. The highest BCUT2D eigenvalue weighted by Gasteiger charge is 2.10. The molecule has 0 aliphatic carbocycles. The maximum atomic E-state index is 5.87. The maximum absolute atomic E-state index is 5.87. The van der Waals surface area contributed by atoms with E-state index in [0.29, 0.717) is 0 Å². The summed E-state index contributed by atoms with van der Waals surface area (Å²) < 4.78 is 5.87. The molecule has 0 bridgehead atoms. The average molecular weight is 273 g/mol. The number of hydrogen-bond acceptors (Lipinski definition) is 3. The van der Waals surface area contributed by atoms with Crippen LogP contribution < -0.4 is 4.74 Å². The molecule has 0 N–H and O–H groups in total. The summed E-state index contributed by atoms with van der Waals surface area (Å²) in [7, 11) is 0. The van der Waals surface area contributed by atoms with Gasteiger partial charge in [-0.1, -0.05) is 18.2 Å². The molecule has 0 atom stereocenters. The Hall–Kier alpha value is -1.32. The Balaban J connectivity index is 1.57. The highest BCUT2D eigenvalue weighted by atomic mass is 32.1. The van der Waals surface area contributed by atoms with Gasteiger partial charge in [-0.3, -0.25) is 4.90 Å². The molecule has 0 unspecified atom stereocenters. The van der Waals surface area contributed by atoms with Crippen LogP contribution in [0.3, 0.4) is 0 Å². The van der Waals surface area contributed by atoms with Crippen molar-refractivity contribution in [1.82, 2.24) is 4.90 Å². The summed E-state index contributed by atoms with van der Waals surface area (Å²) in [4.78, 5) is 3.77. The molecule has 100 valence electrons. The number of nitrogens with zero attached hydrogens (tertiary/aromatic N) is 1. The van der Waals surface area contributed by atoms with Crippen molar-refractivity contribution in [2.24, 2.45) is 0 Å². The van der Waals surface area contributed by atoms with Gasteiger partial charge in [-0.2, -0.15) is 0 Å². The second-order valence-corrected chi connectivity index (χ2v) is 5.85. The van der Waals surface area contributed by atoms with Crippen LogP contribution >= 0.6 is 11.3 Å². The van der Waals surface area contributed by atoms with Gasteiger partial charge < -0.3 is 4.74 Å². The SMILES string of the molecule is c1cc(OCCN2CCCC2)cc(-c2cccs2)c1. The summed E-state index contributed by atoms with van der Waals surface area (Å²) in [6, 6.07) is 12.6. The van der Waals surface area contributed by atoms with Crippen LogP contribution in [0.1, 0.15) is 12.8 Å². The zero-order valence-electron chi connectivity index (χ0n) is 11.0. The summed E-state index contributed by atoms with van der Waals surface area (Å²) in [5.74, 6) is 0.977. The lowest BCUT2D eigenvalue weighted by Gasteiger charge is -2.15. The van der Waals surface area contributed by atoms with E-state index in [9.17, 15) is 0 Å². The third kappa shape index (κ3) is 3.37. The van der Waals surface area contributed by atoms with Crippen LogP contribution in [0.25, 0.3) is 10.4 Å². The van der Waals surface area contributed by atoms with Crippen LogP contribution in [-0.4, -0.2) is 31.1 Å². The minimum atomic E-state index is 0.786. The fraction of sp³-hybridized carbons (Fsp3) is 0.375. The molecule has 1 aliphatic heterocycles. The lowest BCUT2D eigenvalue weighted by atomic mass is 10.2. The van der Waals surface area contributed by atoms with Gasteiger partial charge in [0.05, 0.1) is 0 Å². The lowest BCUT2D eigenvalue weighted by Crippen LogP contribution is -2.25. The summed E-state index contributed by atoms with van der Waals surface area (Å²) in [5, 5.41) is 2.11. The molecule has 19 heavy (non-hydrogen) atoms. The number of benzene rings is 1. The van der Waals surface area contributed by atoms with Crippen LogP contribution in [0.4, 0.5) is 0 Å². The van der Waals surface area contributed by atoms with Gasteiger partial charge in [0.1, 0.15) is 12.4 Å². The first-order valence-corrected chi connectivity index (χ1v) is 7.79. The Kier molecular flexibility index (Phi) is 4.16. The van der Waals surface area contributed by atoms with E-state index in [4.69, 9.17) is 4.74 Å². The lowest BCUT2D eigenvalue weighted by molar-refractivity contribution is 0.238. The van der Waals surface area contributed by atoms with Crippen LogP contribution in [-0.2, 0) is 0 Å². The predicted octanol–water partition coefficient (Wildman–Crippen LogP) is 3.89. The van der Waals surface area contributed by atoms with Crippen LogP contribution in [0.5, 0.6) is 5.75 Å². The van der Waals surface area contributed by atoms with Gasteiger partial charge in [-0.15, -0.1) is 11.3 Å². The number of hydrogen-bond donors (Lipinski definition) is 0. The standard InChI is InChI=1S/C16H19NOS/c1-2-9-17(8-1)10-11-18-15-6-3-5-14(13-15)16-7-4-12-19-16/h3-7,12-13H,1-2,8-11H2. The van der Waals surface area contributed by atoms with Crippen molar-refractivity contribution in [3.05, 3.63) is 41.8 Å². The third-order valence-electron chi connectivity index (χ3n) is 3.51. The van der Waals surface area contributed by atoms with Crippen molar-refractivity contribution in [2.75, 3.05) is 26.2 Å². The van der Waals surface area contributed by atoms with Crippen molar-refractivity contribution in [3.8, 4) is 16.2 Å². The number of ether oxygens (including phenoxy) is 1. The smallest absolute Gasteiger partial charge is 0.120 e. The number of likely N-dealkylation sites (tertiary alicyclic amines) is 1. The topological polar surface area (TPSA) is 12.5 Å². The molecule has 0 radical (unpaired) electrons. The first-order valence-electron chi connectivity index (χ1n) is 6.91. The maximum Gasteiger partial charge on any atom is 0.120 e. The Morgan fingerprint density at radius 1 is 1.11 bits per heavy atom. The van der Waals surface area contributed by atoms with Gasteiger partial charge in [0.15, 0.2) is 0 Å². The molecule has 1 aliphatic rings. The molecular weight excluding hydrogens is 254 g/mol. The molecule has 0 spiro atoms. The van der Waals surface area contributed by atoms with Crippen molar-refractivity contribution < 1.29 is 4.74 Å². The van der Waals surface area contributed by atoms with Gasteiger partial charge in [0, 0.05) is 11.4 Å². The van der Waals surface area contributed by atoms with Crippen molar-refractivity contribution in [1.29, 1.82) is 0 Å². The van der Waals surface area contributed by atoms with Crippen LogP contribution in [0.2, 0.25) is 0 Å². The van der Waals surface area contributed by atoms with Gasteiger partial charge in [-0.05, 0) is 55.1 Å². The highest BCUT2D eigenvalue weighted by molar-refractivity contribution is 7.13. The molecule has 2 nitrogen and oxygen atoms in total. The number of thiophene rings is 1. The molecule has 2 aromatic rings. The predicted molar refractivity (Wildman–Crippen MR) is 80.9 cm³/mol. The monoisotopic (exact) mass is 273 g/mol. The van der Waals surface area contributed by atoms with E-state index in [1.807, 2.05) is 6.07 Å². The highest BCUT2D eigenvalue weighted by Crippen LogP contribution is 2.27. The Morgan fingerprint density at radius 2 is 2.00 bits per heavy atom. The van der Waals surface area contributed by atoms with E-state index in [1.165, 1.54) is 36.4 Å². The Morgan fingerprint density at radius 3 is 2.79 bits per heavy atom. The molecular formula is C16H19NOS. The largest absolute Gasteiger partial charge is 0.492 e. The van der Waals surface area contributed by atoms with E-state index >= 15 is 0 Å². The molecule has 2 heterocycles. The van der Waals surface area contributed by atoms with Crippen molar-refractivity contribution in [2.45, 2.75) is 12.8 Å². The molecule has 0 amide bonds. The fourth-order valence-electron chi connectivity index (χ4n) is 2.48. The van der Waals surface area contributed by atoms with Crippen molar-refractivity contribution >= 4 is 11.3 Å². The van der Waals surface area contributed by atoms with Gasteiger partial charge in [-0.25, -0.2) is 0 Å². The first kappa shape index (κ1) is 12.7. The quantitative estimate of drug-likeness (QED) is 0.819.